The Hall–Kier alpha value is -1.53. The third kappa shape index (κ3) is 4.30. The van der Waals surface area contributed by atoms with Crippen LogP contribution >= 0.6 is 0 Å². The van der Waals surface area contributed by atoms with E-state index in [9.17, 15) is 13.6 Å². The van der Waals surface area contributed by atoms with E-state index in [-0.39, 0.29) is 25.0 Å². The van der Waals surface area contributed by atoms with E-state index < -0.39 is 12.5 Å². The van der Waals surface area contributed by atoms with Crippen LogP contribution in [0, 0.1) is 5.92 Å². The molecule has 0 radical (unpaired) electrons. The van der Waals surface area contributed by atoms with E-state index in [0.29, 0.717) is 13.1 Å². The summed E-state index contributed by atoms with van der Waals surface area (Å²) in [5, 5.41) is 0. The van der Waals surface area contributed by atoms with Gasteiger partial charge in [-0.25, -0.2) is 8.78 Å². The van der Waals surface area contributed by atoms with E-state index >= 15 is 0 Å². The van der Waals surface area contributed by atoms with Gasteiger partial charge in [0, 0.05) is 19.6 Å². The molecule has 0 aliphatic carbocycles. The number of nitrogens with zero attached hydrogens (tertiary/aromatic N) is 2. The van der Waals surface area contributed by atoms with Crippen LogP contribution < -0.4 is 0 Å². The van der Waals surface area contributed by atoms with Gasteiger partial charge in [-0.1, -0.05) is 30.3 Å². The number of hydrogen-bond acceptors (Lipinski definition) is 3. The molecular formula is C18H24F2N2O2. The Morgan fingerprint density at radius 2 is 2.00 bits per heavy atom. The van der Waals surface area contributed by atoms with Gasteiger partial charge in [0.25, 0.3) is 6.43 Å². The molecule has 0 unspecified atom stereocenters. The summed E-state index contributed by atoms with van der Waals surface area (Å²) in [5.74, 6) is -0.0967. The molecule has 6 heteroatoms. The second kappa shape index (κ2) is 8.03. The summed E-state index contributed by atoms with van der Waals surface area (Å²) < 4.78 is 30.7. The first kappa shape index (κ1) is 17.3. The van der Waals surface area contributed by atoms with E-state index in [1.54, 1.807) is 4.90 Å². The van der Waals surface area contributed by atoms with Crippen molar-refractivity contribution < 1.29 is 18.3 Å². The van der Waals surface area contributed by atoms with Crippen molar-refractivity contribution in [2.75, 3.05) is 32.8 Å². The second-order valence-corrected chi connectivity index (χ2v) is 6.59. The number of alkyl halides is 2. The summed E-state index contributed by atoms with van der Waals surface area (Å²) in [6, 6.07) is 10.2. The molecule has 2 aliphatic rings. The van der Waals surface area contributed by atoms with Crippen molar-refractivity contribution in [2.24, 2.45) is 5.92 Å². The fraction of sp³-hybridized carbons (Fsp3) is 0.611. The maximum atomic E-state index is 12.8. The summed E-state index contributed by atoms with van der Waals surface area (Å²) >= 11 is 0. The van der Waals surface area contributed by atoms with Crippen molar-refractivity contribution in [1.29, 1.82) is 0 Å². The fourth-order valence-electron chi connectivity index (χ4n) is 3.53. The number of benzene rings is 1. The predicted octanol–water partition coefficient (Wildman–Crippen LogP) is 2.39. The van der Waals surface area contributed by atoms with Gasteiger partial charge in [0.15, 0.2) is 0 Å². The number of amides is 1. The summed E-state index contributed by atoms with van der Waals surface area (Å²) in [5.41, 5.74) is 1.23. The molecule has 3 rings (SSSR count). The van der Waals surface area contributed by atoms with Crippen LogP contribution in [-0.4, -0.2) is 61.0 Å². The number of carbonyl (C=O) groups is 1. The van der Waals surface area contributed by atoms with Crippen LogP contribution in [0.3, 0.4) is 0 Å². The summed E-state index contributed by atoms with van der Waals surface area (Å²) in [7, 11) is 0. The molecular weight excluding hydrogens is 314 g/mol. The summed E-state index contributed by atoms with van der Waals surface area (Å²) in [6.07, 6.45) is -1.89. The number of hydrogen-bond donors (Lipinski definition) is 0. The zero-order chi connectivity index (χ0) is 16.9. The SMILES string of the molecule is O=C([C@H]1CCCN(Cc2ccccc2)C1)N1CCO[C@H](C(F)F)C1. The van der Waals surface area contributed by atoms with Crippen LogP contribution in [-0.2, 0) is 16.1 Å². The lowest BCUT2D eigenvalue weighted by Gasteiger charge is -2.38. The van der Waals surface area contributed by atoms with E-state index in [1.807, 2.05) is 18.2 Å². The van der Waals surface area contributed by atoms with Gasteiger partial charge in [-0.2, -0.15) is 0 Å². The standard InChI is InChI=1S/C18H24F2N2O2/c19-17(20)16-13-22(9-10-24-16)18(23)15-7-4-8-21(12-15)11-14-5-2-1-3-6-14/h1-3,5-6,15-17H,4,7-13H2/t15-,16-/m0/s1. The highest BCUT2D eigenvalue weighted by Crippen LogP contribution is 2.22. The fourth-order valence-corrected chi connectivity index (χ4v) is 3.53. The zero-order valence-electron chi connectivity index (χ0n) is 13.7. The number of rotatable bonds is 4. The normalized spacial score (nSPS) is 25.9. The third-order valence-corrected chi connectivity index (χ3v) is 4.79. The van der Waals surface area contributed by atoms with Crippen molar-refractivity contribution in [3.63, 3.8) is 0 Å². The highest BCUT2D eigenvalue weighted by molar-refractivity contribution is 5.79. The molecule has 1 aromatic carbocycles. The Morgan fingerprint density at radius 1 is 1.21 bits per heavy atom. The Labute approximate surface area is 141 Å². The van der Waals surface area contributed by atoms with Gasteiger partial charge < -0.3 is 9.64 Å². The first-order valence-corrected chi connectivity index (χ1v) is 8.58. The Kier molecular flexibility index (Phi) is 5.79. The molecule has 132 valence electrons. The zero-order valence-corrected chi connectivity index (χ0v) is 13.7. The number of halogens is 2. The van der Waals surface area contributed by atoms with Gasteiger partial charge >= 0.3 is 0 Å². The third-order valence-electron chi connectivity index (χ3n) is 4.79. The number of carbonyl (C=O) groups excluding carboxylic acids is 1. The van der Waals surface area contributed by atoms with Crippen LogP contribution in [0.1, 0.15) is 18.4 Å². The quantitative estimate of drug-likeness (QED) is 0.845. The molecule has 1 aromatic rings. The van der Waals surface area contributed by atoms with Gasteiger partial charge in [0.05, 0.1) is 19.1 Å². The first-order chi connectivity index (χ1) is 11.6. The number of morpholine rings is 1. The van der Waals surface area contributed by atoms with E-state index in [1.165, 1.54) is 5.56 Å². The minimum absolute atomic E-state index is 0.00158. The molecule has 2 fully saturated rings. The minimum atomic E-state index is -2.54. The first-order valence-electron chi connectivity index (χ1n) is 8.58. The van der Waals surface area contributed by atoms with Crippen molar-refractivity contribution >= 4 is 5.91 Å². The monoisotopic (exact) mass is 338 g/mol. The molecule has 2 atom stereocenters. The van der Waals surface area contributed by atoms with Crippen LogP contribution in [0.25, 0.3) is 0 Å². The average Bonchev–Trinajstić information content (AvgIpc) is 2.62. The van der Waals surface area contributed by atoms with Crippen LogP contribution in [0.4, 0.5) is 8.78 Å². The maximum Gasteiger partial charge on any atom is 0.266 e. The Bertz CT molecular complexity index is 541. The van der Waals surface area contributed by atoms with Crippen molar-refractivity contribution in [3.8, 4) is 0 Å². The van der Waals surface area contributed by atoms with Gasteiger partial charge in [-0.15, -0.1) is 0 Å². The van der Waals surface area contributed by atoms with Gasteiger partial charge in [-0.3, -0.25) is 9.69 Å². The smallest absolute Gasteiger partial charge is 0.266 e. The van der Waals surface area contributed by atoms with Crippen molar-refractivity contribution in [2.45, 2.75) is 31.9 Å². The van der Waals surface area contributed by atoms with E-state index in [0.717, 1.165) is 25.9 Å². The Balaban J connectivity index is 1.56. The lowest BCUT2D eigenvalue weighted by molar-refractivity contribution is -0.152. The molecule has 4 nitrogen and oxygen atoms in total. The Morgan fingerprint density at radius 3 is 2.75 bits per heavy atom. The minimum Gasteiger partial charge on any atom is -0.369 e. The topological polar surface area (TPSA) is 32.8 Å². The van der Waals surface area contributed by atoms with E-state index in [2.05, 4.69) is 17.0 Å². The largest absolute Gasteiger partial charge is 0.369 e. The number of likely N-dealkylation sites (tertiary alicyclic amines) is 1. The average molecular weight is 338 g/mol. The molecule has 2 aliphatic heterocycles. The number of piperidine rings is 1. The summed E-state index contributed by atoms with van der Waals surface area (Å²) in [4.78, 5) is 16.6. The molecule has 0 saturated carbocycles. The van der Waals surface area contributed by atoms with Gasteiger partial charge in [0.2, 0.25) is 5.91 Å². The van der Waals surface area contributed by atoms with Gasteiger partial charge in [0.1, 0.15) is 6.10 Å². The lowest BCUT2D eigenvalue weighted by atomic mass is 9.95. The highest BCUT2D eigenvalue weighted by atomic mass is 19.3. The number of ether oxygens (including phenoxy) is 1. The molecule has 1 amide bonds. The van der Waals surface area contributed by atoms with Crippen molar-refractivity contribution in [3.05, 3.63) is 35.9 Å². The van der Waals surface area contributed by atoms with E-state index in [4.69, 9.17) is 4.74 Å². The highest BCUT2D eigenvalue weighted by Gasteiger charge is 2.34. The van der Waals surface area contributed by atoms with Gasteiger partial charge in [-0.05, 0) is 24.9 Å². The molecule has 24 heavy (non-hydrogen) atoms. The van der Waals surface area contributed by atoms with Crippen molar-refractivity contribution in [1.82, 2.24) is 9.80 Å². The molecule has 0 N–H and O–H groups in total. The lowest BCUT2D eigenvalue weighted by Crippen LogP contribution is -2.52. The van der Waals surface area contributed by atoms with Crippen LogP contribution in [0.2, 0.25) is 0 Å². The molecule has 0 spiro atoms. The molecule has 0 bridgehead atoms. The predicted molar refractivity (Wildman–Crippen MR) is 86.8 cm³/mol. The maximum absolute atomic E-state index is 12.8. The van der Waals surface area contributed by atoms with Crippen LogP contribution in [0.15, 0.2) is 30.3 Å². The second-order valence-electron chi connectivity index (χ2n) is 6.59. The molecule has 0 aromatic heterocycles. The molecule has 2 saturated heterocycles. The summed E-state index contributed by atoms with van der Waals surface area (Å²) in [6.45, 7) is 3.11. The van der Waals surface area contributed by atoms with Crippen LogP contribution in [0.5, 0.6) is 0 Å². The molecule has 2 heterocycles.